The van der Waals surface area contributed by atoms with E-state index in [1.54, 1.807) is 0 Å². The number of esters is 1. The second kappa shape index (κ2) is 7.07. The Labute approximate surface area is 155 Å². The molecule has 2 aliphatic rings. The van der Waals surface area contributed by atoms with Crippen LogP contribution >= 0.6 is 0 Å². The van der Waals surface area contributed by atoms with E-state index in [4.69, 9.17) is 9.47 Å². The van der Waals surface area contributed by atoms with Crippen LogP contribution in [0.1, 0.15) is 68.3 Å². The van der Waals surface area contributed by atoms with E-state index in [0.717, 1.165) is 31.4 Å². The van der Waals surface area contributed by atoms with E-state index < -0.39 is 5.60 Å². The van der Waals surface area contributed by atoms with Crippen molar-refractivity contribution in [1.29, 1.82) is 0 Å². The zero-order valence-corrected chi connectivity index (χ0v) is 16.0. The summed E-state index contributed by atoms with van der Waals surface area (Å²) in [5.41, 5.74) is 6.13. The van der Waals surface area contributed by atoms with Gasteiger partial charge in [-0.1, -0.05) is 25.5 Å². The molecule has 1 atom stereocenters. The lowest BCUT2D eigenvalue weighted by atomic mass is 9.84. The van der Waals surface area contributed by atoms with Crippen molar-refractivity contribution in [3.63, 3.8) is 0 Å². The average molecular weight is 355 g/mol. The van der Waals surface area contributed by atoms with Gasteiger partial charge in [0.25, 0.3) is 0 Å². The topological polar surface area (TPSA) is 51.3 Å². The summed E-state index contributed by atoms with van der Waals surface area (Å²) in [4.78, 5) is 16.1. The Morgan fingerprint density at radius 2 is 2.04 bits per heavy atom. The number of fused-ring (bicyclic) bond motifs is 5. The van der Waals surface area contributed by atoms with E-state index in [-0.39, 0.29) is 12.4 Å². The number of hydrogen-bond donors (Lipinski definition) is 1. The van der Waals surface area contributed by atoms with Gasteiger partial charge in [-0.25, -0.2) is 0 Å². The van der Waals surface area contributed by atoms with Crippen molar-refractivity contribution in [1.82, 2.24) is 4.98 Å². The first-order chi connectivity index (χ1) is 12.7. The number of benzene rings is 1. The SMILES string of the molecule is CCCC1(CC(=O)OCC)OCCc2c1[nH]c1c3c(ccc21)CCCC3. The molecular weight excluding hydrogens is 326 g/mol. The molecule has 2 aromatic rings. The van der Waals surface area contributed by atoms with Crippen LogP contribution in [-0.2, 0) is 39.1 Å². The third-order valence-corrected chi connectivity index (χ3v) is 5.98. The number of rotatable bonds is 5. The summed E-state index contributed by atoms with van der Waals surface area (Å²) in [6, 6.07) is 4.59. The van der Waals surface area contributed by atoms with E-state index in [1.165, 1.54) is 46.9 Å². The van der Waals surface area contributed by atoms with Crippen LogP contribution in [0.25, 0.3) is 10.9 Å². The molecule has 4 rings (SSSR count). The molecule has 4 heteroatoms. The van der Waals surface area contributed by atoms with Crippen LogP contribution in [0.5, 0.6) is 0 Å². The monoisotopic (exact) mass is 355 g/mol. The Hall–Kier alpha value is -1.81. The molecule has 26 heavy (non-hydrogen) atoms. The number of ether oxygens (including phenoxy) is 2. The minimum atomic E-state index is -0.574. The standard InChI is InChI=1S/C22H29NO3/c1-3-12-22(14-19(24)25-4-2)21-18(11-13-26-22)17-10-9-15-7-5-6-8-16(15)20(17)23-21/h9-10,23H,3-8,11-14H2,1-2H3. The van der Waals surface area contributed by atoms with Gasteiger partial charge in [-0.15, -0.1) is 0 Å². The Bertz CT molecular complexity index is 822. The molecule has 1 aromatic carbocycles. The summed E-state index contributed by atoms with van der Waals surface area (Å²) in [6.45, 7) is 5.08. The third kappa shape index (κ3) is 2.84. The van der Waals surface area contributed by atoms with E-state index in [2.05, 4.69) is 24.0 Å². The molecule has 140 valence electrons. The van der Waals surface area contributed by atoms with Crippen LogP contribution in [0.3, 0.4) is 0 Å². The molecule has 0 saturated carbocycles. The van der Waals surface area contributed by atoms with Crippen molar-refractivity contribution in [2.24, 2.45) is 0 Å². The fourth-order valence-electron chi connectivity index (χ4n) is 4.90. The molecule has 1 unspecified atom stereocenters. The van der Waals surface area contributed by atoms with Crippen molar-refractivity contribution >= 4 is 16.9 Å². The van der Waals surface area contributed by atoms with Gasteiger partial charge < -0.3 is 14.5 Å². The second-order valence-corrected chi connectivity index (χ2v) is 7.64. The number of aromatic nitrogens is 1. The molecule has 0 bridgehead atoms. The number of aromatic amines is 1. The maximum atomic E-state index is 12.3. The fourth-order valence-corrected chi connectivity index (χ4v) is 4.90. The highest BCUT2D eigenvalue weighted by Crippen LogP contribution is 2.44. The molecular formula is C22H29NO3. The Morgan fingerprint density at radius 1 is 1.19 bits per heavy atom. The molecule has 1 aliphatic carbocycles. The molecule has 0 saturated heterocycles. The molecule has 0 amide bonds. The fraction of sp³-hybridized carbons (Fsp3) is 0.591. The second-order valence-electron chi connectivity index (χ2n) is 7.64. The van der Waals surface area contributed by atoms with E-state index >= 15 is 0 Å². The first-order valence-corrected chi connectivity index (χ1v) is 10.1. The van der Waals surface area contributed by atoms with Gasteiger partial charge in [-0.3, -0.25) is 4.79 Å². The minimum absolute atomic E-state index is 0.172. The van der Waals surface area contributed by atoms with Crippen LogP contribution in [0.15, 0.2) is 12.1 Å². The third-order valence-electron chi connectivity index (χ3n) is 5.98. The van der Waals surface area contributed by atoms with Gasteiger partial charge >= 0.3 is 5.97 Å². The highest BCUT2D eigenvalue weighted by molar-refractivity contribution is 5.89. The Kier molecular flexibility index (Phi) is 4.78. The summed E-state index contributed by atoms with van der Waals surface area (Å²) >= 11 is 0. The van der Waals surface area contributed by atoms with Crippen molar-refractivity contribution in [2.45, 2.75) is 70.8 Å². The van der Waals surface area contributed by atoms with E-state index in [0.29, 0.717) is 13.2 Å². The van der Waals surface area contributed by atoms with Crippen molar-refractivity contribution in [2.75, 3.05) is 13.2 Å². The van der Waals surface area contributed by atoms with Gasteiger partial charge in [-0.05, 0) is 62.1 Å². The van der Waals surface area contributed by atoms with Gasteiger partial charge in [0.05, 0.1) is 25.3 Å². The predicted molar refractivity (Wildman–Crippen MR) is 102 cm³/mol. The first kappa shape index (κ1) is 17.6. The molecule has 0 spiro atoms. The first-order valence-electron chi connectivity index (χ1n) is 10.1. The normalized spacial score (nSPS) is 22.1. The lowest BCUT2D eigenvalue weighted by Gasteiger charge is -2.36. The maximum Gasteiger partial charge on any atom is 0.309 e. The summed E-state index contributed by atoms with van der Waals surface area (Å²) in [5.74, 6) is -0.172. The average Bonchev–Trinajstić information content (AvgIpc) is 3.03. The van der Waals surface area contributed by atoms with Crippen LogP contribution in [0.4, 0.5) is 0 Å². The number of hydrogen-bond acceptors (Lipinski definition) is 3. The van der Waals surface area contributed by atoms with Crippen molar-refractivity contribution < 1.29 is 14.3 Å². The van der Waals surface area contributed by atoms with Crippen LogP contribution in [-0.4, -0.2) is 24.2 Å². The number of carbonyl (C=O) groups excluding carboxylic acids is 1. The van der Waals surface area contributed by atoms with Gasteiger partial charge in [0.1, 0.15) is 5.60 Å². The largest absolute Gasteiger partial charge is 0.466 e. The quantitative estimate of drug-likeness (QED) is 0.800. The zero-order chi connectivity index (χ0) is 18.1. The molecule has 0 radical (unpaired) electrons. The van der Waals surface area contributed by atoms with Crippen molar-refractivity contribution in [3.05, 3.63) is 34.5 Å². The van der Waals surface area contributed by atoms with Crippen LogP contribution in [0.2, 0.25) is 0 Å². The smallest absolute Gasteiger partial charge is 0.309 e. The zero-order valence-electron chi connectivity index (χ0n) is 16.0. The Morgan fingerprint density at radius 3 is 2.85 bits per heavy atom. The summed E-state index contributed by atoms with van der Waals surface area (Å²) in [5, 5.41) is 1.33. The number of H-pyrrole nitrogens is 1. The van der Waals surface area contributed by atoms with Gasteiger partial charge in [0.2, 0.25) is 0 Å². The van der Waals surface area contributed by atoms with Gasteiger partial charge in [0, 0.05) is 10.9 Å². The van der Waals surface area contributed by atoms with Gasteiger partial charge in [-0.2, -0.15) is 0 Å². The molecule has 2 heterocycles. The molecule has 1 aromatic heterocycles. The number of carbonyl (C=O) groups is 1. The lowest BCUT2D eigenvalue weighted by Crippen LogP contribution is -2.38. The van der Waals surface area contributed by atoms with Crippen LogP contribution in [0, 0.1) is 0 Å². The molecule has 1 N–H and O–H groups in total. The molecule has 1 aliphatic heterocycles. The highest BCUT2D eigenvalue weighted by Gasteiger charge is 2.42. The van der Waals surface area contributed by atoms with Gasteiger partial charge in [0.15, 0.2) is 0 Å². The van der Waals surface area contributed by atoms with Crippen molar-refractivity contribution in [3.8, 4) is 0 Å². The maximum absolute atomic E-state index is 12.3. The number of nitrogens with one attached hydrogen (secondary N) is 1. The van der Waals surface area contributed by atoms with Crippen LogP contribution < -0.4 is 0 Å². The molecule has 0 fully saturated rings. The predicted octanol–water partition coefficient (Wildman–Crippen LogP) is 4.57. The van der Waals surface area contributed by atoms with E-state index in [1.807, 2.05) is 6.92 Å². The van der Waals surface area contributed by atoms with E-state index in [9.17, 15) is 4.79 Å². The Balaban J connectivity index is 1.84. The highest BCUT2D eigenvalue weighted by atomic mass is 16.5. The summed E-state index contributed by atoms with van der Waals surface area (Å²) in [7, 11) is 0. The summed E-state index contributed by atoms with van der Waals surface area (Å²) in [6.07, 6.45) is 7.85. The lowest BCUT2D eigenvalue weighted by molar-refractivity contribution is -0.155. The minimum Gasteiger partial charge on any atom is -0.466 e. The molecule has 4 nitrogen and oxygen atoms in total. The summed E-state index contributed by atoms with van der Waals surface area (Å²) < 4.78 is 11.6. The number of aryl methyl sites for hydroxylation is 2.